The van der Waals surface area contributed by atoms with E-state index >= 15 is 0 Å². The highest BCUT2D eigenvalue weighted by molar-refractivity contribution is 8.00. The Morgan fingerprint density at radius 1 is 1.25 bits per heavy atom. The standard InChI is InChI=1S/C13H17F2NO2S2/c1-9-10(2)19-8-7-16(9)11-3-5-12(6-4-11)20(17,18)13(14)15/h3-6,9-10,13H,7-8H2,1-2H3. The van der Waals surface area contributed by atoms with Crippen LogP contribution in [0, 0.1) is 0 Å². The Labute approximate surface area is 122 Å². The monoisotopic (exact) mass is 321 g/mol. The molecule has 2 rings (SSSR count). The molecule has 7 heteroatoms. The Hall–Kier alpha value is -0.820. The number of rotatable bonds is 3. The van der Waals surface area contributed by atoms with E-state index in [0.717, 1.165) is 18.0 Å². The second kappa shape index (κ2) is 5.89. The molecule has 1 aromatic carbocycles. The zero-order valence-corrected chi connectivity index (χ0v) is 12.9. The molecule has 20 heavy (non-hydrogen) atoms. The molecular formula is C13H17F2NO2S2. The molecule has 0 radical (unpaired) electrons. The van der Waals surface area contributed by atoms with Gasteiger partial charge in [-0.05, 0) is 31.2 Å². The number of anilines is 1. The van der Waals surface area contributed by atoms with Crippen LogP contribution in [-0.2, 0) is 9.84 Å². The molecule has 1 aromatic rings. The summed E-state index contributed by atoms with van der Waals surface area (Å²) in [6.45, 7) is 5.13. The predicted molar refractivity (Wildman–Crippen MR) is 78.4 cm³/mol. The molecule has 1 heterocycles. The Morgan fingerprint density at radius 3 is 2.40 bits per heavy atom. The van der Waals surface area contributed by atoms with Crippen molar-refractivity contribution in [3.63, 3.8) is 0 Å². The molecule has 0 amide bonds. The van der Waals surface area contributed by atoms with Crippen LogP contribution in [-0.4, -0.2) is 37.8 Å². The van der Waals surface area contributed by atoms with Crippen molar-refractivity contribution in [1.82, 2.24) is 0 Å². The van der Waals surface area contributed by atoms with Crippen LogP contribution < -0.4 is 4.90 Å². The van der Waals surface area contributed by atoms with Gasteiger partial charge in [0, 0.05) is 29.3 Å². The molecule has 0 aromatic heterocycles. The van der Waals surface area contributed by atoms with Gasteiger partial charge in [0.1, 0.15) is 0 Å². The lowest BCUT2D eigenvalue weighted by Crippen LogP contribution is -2.44. The molecule has 0 aliphatic carbocycles. The summed E-state index contributed by atoms with van der Waals surface area (Å²) in [4.78, 5) is 1.85. The van der Waals surface area contributed by atoms with Crippen LogP contribution in [0.1, 0.15) is 13.8 Å². The van der Waals surface area contributed by atoms with Gasteiger partial charge in [-0.25, -0.2) is 8.42 Å². The predicted octanol–water partition coefficient (Wildman–Crippen LogP) is 3.01. The number of sulfone groups is 1. The largest absolute Gasteiger partial charge is 0.367 e. The highest BCUT2D eigenvalue weighted by Gasteiger charge is 2.28. The van der Waals surface area contributed by atoms with Crippen molar-refractivity contribution in [2.45, 2.75) is 35.8 Å². The second-order valence-corrected chi connectivity index (χ2v) is 8.21. The second-order valence-electron chi connectivity index (χ2n) is 4.81. The number of hydrogen-bond donors (Lipinski definition) is 0. The van der Waals surface area contributed by atoms with Gasteiger partial charge in [-0.1, -0.05) is 6.92 Å². The van der Waals surface area contributed by atoms with Gasteiger partial charge in [0.05, 0.1) is 4.90 Å². The van der Waals surface area contributed by atoms with Crippen molar-refractivity contribution >= 4 is 27.3 Å². The highest BCUT2D eigenvalue weighted by Crippen LogP contribution is 2.30. The molecule has 2 atom stereocenters. The Balaban J connectivity index is 2.25. The van der Waals surface area contributed by atoms with Crippen molar-refractivity contribution in [2.75, 3.05) is 17.2 Å². The third-order valence-electron chi connectivity index (χ3n) is 3.62. The van der Waals surface area contributed by atoms with Gasteiger partial charge < -0.3 is 4.90 Å². The van der Waals surface area contributed by atoms with E-state index in [2.05, 4.69) is 18.7 Å². The first-order valence-corrected chi connectivity index (χ1v) is 8.94. The van der Waals surface area contributed by atoms with E-state index in [1.807, 2.05) is 11.8 Å². The molecule has 1 aliphatic heterocycles. The van der Waals surface area contributed by atoms with Crippen LogP contribution in [0.4, 0.5) is 14.5 Å². The van der Waals surface area contributed by atoms with Gasteiger partial charge in [0.2, 0.25) is 9.84 Å². The Bertz CT molecular complexity index is 560. The summed E-state index contributed by atoms with van der Waals surface area (Å²) in [5.41, 5.74) is 0.873. The molecule has 1 aliphatic rings. The van der Waals surface area contributed by atoms with Crippen LogP contribution in [0.25, 0.3) is 0 Å². The summed E-state index contributed by atoms with van der Waals surface area (Å²) in [7, 11) is -4.50. The molecular weight excluding hydrogens is 304 g/mol. The lowest BCUT2D eigenvalue weighted by Gasteiger charge is -2.39. The fourth-order valence-electron chi connectivity index (χ4n) is 2.23. The molecule has 0 N–H and O–H groups in total. The number of benzene rings is 1. The van der Waals surface area contributed by atoms with E-state index in [1.54, 1.807) is 12.1 Å². The van der Waals surface area contributed by atoms with Crippen molar-refractivity contribution in [3.05, 3.63) is 24.3 Å². The van der Waals surface area contributed by atoms with E-state index in [-0.39, 0.29) is 4.90 Å². The van der Waals surface area contributed by atoms with Gasteiger partial charge in [-0.3, -0.25) is 0 Å². The third kappa shape index (κ3) is 2.93. The van der Waals surface area contributed by atoms with E-state index < -0.39 is 15.6 Å². The first-order chi connectivity index (χ1) is 9.34. The summed E-state index contributed by atoms with van der Waals surface area (Å²) < 4.78 is 47.7. The summed E-state index contributed by atoms with van der Waals surface area (Å²) in [6.07, 6.45) is 0. The fraction of sp³-hybridized carbons (Fsp3) is 0.538. The Morgan fingerprint density at radius 2 is 1.85 bits per heavy atom. The fourth-order valence-corrected chi connectivity index (χ4v) is 4.05. The van der Waals surface area contributed by atoms with Gasteiger partial charge in [0.25, 0.3) is 0 Å². The molecule has 0 spiro atoms. The van der Waals surface area contributed by atoms with Crippen molar-refractivity contribution in [3.8, 4) is 0 Å². The number of hydrogen-bond acceptors (Lipinski definition) is 4. The highest BCUT2D eigenvalue weighted by atomic mass is 32.2. The average molecular weight is 321 g/mol. The smallest absolute Gasteiger partial charge is 0.341 e. The summed E-state index contributed by atoms with van der Waals surface area (Å²) >= 11 is 1.90. The van der Waals surface area contributed by atoms with Gasteiger partial charge in [-0.2, -0.15) is 20.5 Å². The zero-order chi connectivity index (χ0) is 14.9. The Kier molecular flexibility index (Phi) is 4.59. The van der Waals surface area contributed by atoms with Crippen LogP contribution in [0.3, 0.4) is 0 Å². The number of thioether (sulfide) groups is 1. The third-order valence-corrected chi connectivity index (χ3v) is 6.35. The lowest BCUT2D eigenvalue weighted by molar-refractivity contribution is 0.234. The van der Waals surface area contributed by atoms with Crippen LogP contribution in [0.2, 0.25) is 0 Å². The number of alkyl halides is 2. The van der Waals surface area contributed by atoms with Crippen LogP contribution in [0.5, 0.6) is 0 Å². The minimum Gasteiger partial charge on any atom is -0.367 e. The van der Waals surface area contributed by atoms with E-state index in [4.69, 9.17) is 0 Å². The minimum absolute atomic E-state index is 0.325. The van der Waals surface area contributed by atoms with Crippen LogP contribution >= 0.6 is 11.8 Å². The molecule has 0 bridgehead atoms. The lowest BCUT2D eigenvalue weighted by atomic mass is 10.1. The number of halogens is 2. The topological polar surface area (TPSA) is 37.4 Å². The molecule has 3 nitrogen and oxygen atoms in total. The van der Waals surface area contributed by atoms with E-state index in [1.165, 1.54) is 12.1 Å². The molecule has 1 saturated heterocycles. The molecule has 1 fully saturated rings. The molecule has 0 saturated carbocycles. The SMILES string of the molecule is CC1SCCN(c2ccc(S(=O)(=O)C(F)F)cc2)C1C. The quantitative estimate of drug-likeness (QED) is 0.858. The summed E-state index contributed by atoms with van der Waals surface area (Å²) in [5, 5.41) is 0.480. The van der Waals surface area contributed by atoms with E-state index in [0.29, 0.717) is 11.3 Å². The maximum Gasteiger partial charge on any atom is 0.341 e. The van der Waals surface area contributed by atoms with Gasteiger partial charge >= 0.3 is 5.76 Å². The van der Waals surface area contributed by atoms with E-state index in [9.17, 15) is 17.2 Å². The maximum atomic E-state index is 12.5. The average Bonchev–Trinajstić information content (AvgIpc) is 2.42. The molecule has 2 unspecified atom stereocenters. The summed E-state index contributed by atoms with van der Waals surface area (Å²) in [6, 6.07) is 6.06. The zero-order valence-electron chi connectivity index (χ0n) is 11.3. The normalized spacial score (nSPS) is 24.1. The maximum absolute atomic E-state index is 12.5. The van der Waals surface area contributed by atoms with Gasteiger partial charge in [0.15, 0.2) is 0 Å². The summed E-state index contributed by atoms with van der Waals surface area (Å²) in [5.74, 6) is -2.37. The minimum atomic E-state index is -4.50. The first kappa shape index (κ1) is 15.6. The van der Waals surface area contributed by atoms with Crippen molar-refractivity contribution < 1.29 is 17.2 Å². The number of nitrogens with zero attached hydrogens (tertiary/aromatic N) is 1. The molecule has 112 valence electrons. The first-order valence-electron chi connectivity index (χ1n) is 6.34. The van der Waals surface area contributed by atoms with Crippen molar-refractivity contribution in [2.24, 2.45) is 0 Å². The van der Waals surface area contributed by atoms with Crippen LogP contribution in [0.15, 0.2) is 29.2 Å². The van der Waals surface area contributed by atoms with Crippen molar-refractivity contribution in [1.29, 1.82) is 0 Å². The van der Waals surface area contributed by atoms with Gasteiger partial charge in [-0.15, -0.1) is 0 Å².